The van der Waals surface area contributed by atoms with E-state index < -0.39 is 17.5 Å². The van der Waals surface area contributed by atoms with Crippen LogP contribution in [0.25, 0.3) is 22.5 Å². The predicted molar refractivity (Wildman–Crippen MR) is 136 cm³/mol. The van der Waals surface area contributed by atoms with Crippen molar-refractivity contribution in [1.29, 1.82) is 0 Å². The molecule has 7 nitrogen and oxygen atoms in total. The standard InChI is InChI=1S/C29H26N2O5/c1-18-25(30-27(32)19(2)35-24-6-4-3-5-7-24)26(36-31-18)22-10-8-20(9-11-22)21-12-14-23(15-13-21)29(16-17-29)28(33)34/h3-15,19H,16-17H2,1-2H3,(H,30,32)(H,33,34). The molecule has 0 saturated heterocycles. The highest BCUT2D eigenvalue weighted by atomic mass is 16.5. The molecule has 36 heavy (non-hydrogen) atoms. The van der Waals surface area contributed by atoms with Gasteiger partial charge in [0.1, 0.15) is 17.1 Å². The summed E-state index contributed by atoms with van der Waals surface area (Å²) in [6.45, 7) is 3.46. The van der Waals surface area contributed by atoms with Gasteiger partial charge < -0.3 is 19.7 Å². The number of aliphatic carboxylic acids is 1. The van der Waals surface area contributed by atoms with Crippen LogP contribution in [0, 0.1) is 6.92 Å². The lowest BCUT2D eigenvalue weighted by atomic mass is 9.93. The number of hydrogen-bond acceptors (Lipinski definition) is 5. The van der Waals surface area contributed by atoms with E-state index in [0.717, 1.165) is 22.3 Å². The van der Waals surface area contributed by atoms with Crippen molar-refractivity contribution < 1.29 is 24.0 Å². The van der Waals surface area contributed by atoms with Gasteiger partial charge in [-0.05, 0) is 55.5 Å². The van der Waals surface area contributed by atoms with Crippen LogP contribution in [-0.2, 0) is 15.0 Å². The number of aromatic nitrogens is 1. The van der Waals surface area contributed by atoms with Crippen LogP contribution >= 0.6 is 0 Å². The van der Waals surface area contributed by atoms with E-state index >= 15 is 0 Å². The predicted octanol–water partition coefficient (Wildman–Crippen LogP) is 5.84. The molecule has 1 aliphatic rings. The van der Waals surface area contributed by atoms with Gasteiger partial charge in [-0.3, -0.25) is 9.59 Å². The summed E-state index contributed by atoms with van der Waals surface area (Å²) in [5.74, 6) is 0.0110. The zero-order valence-corrected chi connectivity index (χ0v) is 20.0. The number of carbonyl (C=O) groups excluding carboxylic acids is 1. The van der Waals surface area contributed by atoms with Gasteiger partial charge in [-0.2, -0.15) is 0 Å². The second kappa shape index (κ2) is 9.34. The van der Waals surface area contributed by atoms with Gasteiger partial charge in [0.2, 0.25) is 0 Å². The molecule has 1 amide bonds. The lowest BCUT2D eigenvalue weighted by molar-refractivity contribution is -0.140. The largest absolute Gasteiger partial charge is 0.481 e. The van der Waals surface area contributed by atoms with Gasteiger partial charge >= 0.3 is 5.97 Å². The van der Waals surface area contributed by atoms with Crippen LogP contribution in [0.15, 0.2) is 83.4 Å². The van der Waals surface area contributed by atoms with E-state index in [4.69, 9.17) is 9.26 Å². The number of carboxylic acids is 1. The number of benzene rings is 3. The molecule has 0 aliphatic heterocycles. The van der Waals surface area contributed by atoms with Gasteiger partial charge in [-0.1, -0.05) is 71.9 Å². The van der Waals surface area contributed by atoms with E-state index in [0.29, 0.717) is 35.7 Å². The number of aryl methyl sites for hydroxylation is 1. The first-order valence-electron chi connectivity index (χ1n) is 11.8. The third-order valence-corrected chi connectivity index (χ3v) is 6.61. The minimum Gasteiger partial charge on any atom is -0.481 e. The van der Waals surface area contributed by atoms with Crippen molar-refractivity contribution in [2.24, 2.45) is 0 Å². The molecule has 1 aromatic heterocycles. The molecule has 4 aromatic rings. The number of carboxylic acid groups (broad SMARTS) is 1. The summed E-state index contributed by atoms with van der Waals surface area (Å²) in [6.07, 6.45) is 0.655. The quantitative estimate of drug-likeness (QED) is 0.327. The molecule has 2 N–H and O–H groups in total. The number of amides is 1. The third-order valence-electron chi connectivity index (χ3n) is 6.61. The molecule has 1 saturated carbocycles. The summed E-state index contributed by atoms with van der Waals surface area (Å²) in [5.41, 5.74) is 3.94. The molecule has 0 spiro atoms. The number of nitrogens with one attached hydrogen (secondary N) is 1. The monoisotopic (exact) mass is 482 g/mol. The second-order valence-corrected chi connectivity index (χ2v) is 9.08. The van der Waals surface area contributed by atoms with E-state index in [1.807, 2.05) is 66.7 Å². The first-order valence-corrected chi connectivity index (χ1v) is 11.8. The Hall–Kier alpha value is -4.39. The van der Waals surface area contributed by atoms with Gasteiger partial charge in [0.05, 0.1) is 5.41 Å². The fourth-order valence-electron chi connectivity index (χ4n) is 4.24. The molecular formula is C29H26N2O5. The zero-order valence-electron chi connectivity index (χ0n) is 20.0. The van der Waals surface area contributed by atoms with E-state index in [-0.39, 0.29) is 5.91 Å². The average Bonchev–Trinajstić information content (AvgIpc) is 3.64. The summed E-state index contributed by atoms with van der Waals surface area (Å²) >= 11 is 0. The van der Waals surface area contributed by atoms with Crippen molar-refractivity contribution >= 4 is 17.6 Å². The van der Waals surface area contributed by atoms with Crippen molar-refractivity contribution in [3.63, 3.8) is 0 Å². The Balaban J connectivity index is 1.31. The number of hydrogen-bond donors (Lipinski definition) is 2. The molecule has 1 fully saturated rings. The maximum absolute atomic E-state index is 12.8. The zero-order chi connectivity index (χ0) is 25.3. The van der Waals surface area contributed by atoms with Crippen LogP contribution in [-0.4, -0.2) is 28.2 Å². The smallest absolute Gasteiger partial charge is 0.314 e. The van der Waals surface area contributed by atoms with Gasteiger partial charge in [0, 0.05) is 5.56 Å². The van der Waals surface area contributed by atoms with E-state index in [1.165, 1.54) is 0 Å². The minimum absolute atomic E-state index is 0.307. The van der Waals surface area contributed by atoms with Crippen LogP contribution in [0.1, 0.15) is 31.0 Å². The fourth-order valence-corrected chi connectivity index (χ4v) is 4.24. The summed E-state index contributed by atoms with van der Waals surface area (Å²) in [4.78, 5) is 24.4. The number of carbonyl (C=O) groups is 2. The fraction of sp³-hybridized carbons (Fsp3) is 0.207. The van der Waals surface area contributed by atoms with Crippen molar-refractivity contribution in [3.8, 4) is 28.2 Å². The molecule has 0 radical (unpaired) electrons. The molecule has 7 heteroatoms. The highest BCUT2D eigenvalue weighted by molar-refractivity contribution is 5.97. The number of ether oxygens (including phenoxy) is 1. The maximum Gasteiger partial charge on any atom is 0.314 e. The van der Waals surface area contributed by atoms with E-state index in [9.17, 15) is 14.7 Å². The Kier molecular flexibility index (Phi) is 6.06. The summed E-state index contributed by atoms with van der Waals surface area (Å²) < 4.78 is 11.3. The Morgan fingerprint density at radius 2 is 1.53 bits per heavy atom. The number of rotatable bonds is 8. The third kappa shape index (κ3) is 4.47. The first kappa shape index (κ1) is 23.4. The molecular weight excluding hydrogens is 456 g/mol. The molecule has 1 unspecified atom stereocenters. The van der Waals surface area contributed by atoms with Crippen molar-refractivity contribution in [2.75, 3.05) is 5.32 Å². The molecule has 182 valence electrons. The molecule has 3 aromatic carbocycles. The summed E-state index contributed by atoms with van der Waals surface area (Å²) in [6, 6.07) is 24.6. The number of nitrogens with zero attached hydrogens (tertiary/aromatic N) is 1. The van der Waals surface area contributed by atoms with E-state index in [1.54, 1.807) is 26.0 Å². The summed E-state index contributed by atoms with van der Waals surface area (Å²) in [5, 5.41) is 16.4. The van der Waals surface area contributed by atoms with Crippen LogP contribution in [0.4, 0.5) is 5.69 Å². The Labute approximate surface area is 208 Å². The Morgan fingerprint density at radius 1 is 0.944 bits per heavy atom. The first-order chi connectivity index (χ1) is 17.4. The van der Waals surface area contributed by atoms with Crippen LogP contribution in [0.3, 0.4) is 0 Å². The molecule has 1 aliphatic carbocycles. The topological polar surface area (TPSA) is 102 Å². The van der Waals surface area contributed by atoms with Crippen molar-refractivity contribution in [3.05, 3.63) is 90.1 Å². The lowest BCUT2D eigenvalue weighted by Gasteiger charge is -2.15. The summed E-state index contributed by atoms with van der Waals surface area (Å²) in [7, 11) is 0. The molecule has 0 bridgehead atoms. The van der Waals surface area contributed by atoms with Gasteiger partial charge in [-0.15, -0.1) is 0 Å². The second-order valence-electron chi connectivity index (χ2n) is 9.08. The van der Waals surface area contributed by atoms with Gasteiger partial charge in [0.15, 0.2) is 11.9 Å². The molecule has 5 rings (SSSR count). The maximum atomic E-state index is 12.8. The normalized spacial score (nSPS) is 14.6. The lowest BCUT2D eigenvalue weighted by Crippen LogP contribution is -2.30. The highest BCUT2D eigenvalue weighted by Gasteiger charge is 2.51. The number of anilines is 1. The Morgan fingerprint density at radius 3 is 2.11 bits per heavy atom. The van der Waals surface area contributed by atoms with E-state index in [2.05, 4.69) is 10.5 Å². The van der Waals surface area contributed by atoms with Crippen LogP contribution in [0.2, 0.25) is 0 Å². The molecule has 1 heterocycles. The van der Waals surface area contributed by atoms with Crippen LogP contribution < -0.4 is 10.1 Å². The van der Waals surface area contributed by atoms with Crippen molar-refractivity contribution in [2.45, 2.75) is 38.2 Å². The SMILES string of the molecule is Cc1noc(-c2ccc(-c3ccc(C4(C(=O)O)CC4)cc3)cc2)c1NC(=O)C(C)Oc1ccccc1. The van der Waals surface area contributed by atoms with Gasteiger partial charge in [-0.25, -0.2) is 0 Å². The average molecular weight is 483 g/mol. The Bertz CT molecular complexity index is 1390. The number of para-hydroxylation sites is 1. The minimum atomic E-state index is -0.758. The highest BCUT2D eigenvalue weighted by Crippen LogP contribution is 2.48. The van der Waals surface area contributed by atoms with Crippen molar-refractivity contribution in [1.82, 2.24) is 5.16 Å². The molecule has 1 atom stereocenters. The van der Waals surface area contributed by atoms with Gasteiger partial charge in [0.25, 0.3) is 5.91 Å². The van der Waals surface area contributed by atoms with Crippen LogP contribution in [0.5, 0.6) is 5.75 Å².